The standard InChI is InChI=1S/C14H18N4O/c1-18(2)6-5-16-11-7-10-12-9(3-4-15-10)8-17-13(12)14(11)19/h7-8,16,19H,3-6H2,1-2H3. The first kappa shape index (κ1) is 12.2. The van der Waals surface area contributed by atoms with Gasteiger partial charge in [0.15, 0.2) is 5.75 Å². The Balaban J connectivity index is 1.99. The largest absolute Gasteiger partial charge is 0.504 e. The van der Waals surface area contributed by atoms with E-state index in [-0.39, 0.29) is 5.75 Å². The smallest absolute Gasteiger partial charge is 0.165 e. The van der Waals surface area contributed by atoms with Crippen molar-refractivity contribution in [2.24, 2.45) is 9.98 Å². The van der Waals surface area contributed by atoms with E-state index < -0.39 is 0 Å². The van der Waals surface area contributed by atoms with E-state index in [2.05, 4.69) is 20.2 Å². The van der Waals surface area contributed by atoms with E-state index in [1.807, 2.05) is 26.4 Å². The van der Waals surface area contributed by atoms with E-state index >= 15 is 0 Å². The lowest BCUT2D eigenvalue weighted by Gasteiger charge is -2.14. The summed E-state index contributed by atoms with van der Waals surface area (Å²) in [5.74, 6) is 0.237. The number of likely N-dealkylation sites (N-methyl/N-ethyl adjacent to an activating group) is 1. The highest BCUT2D eigenvalue weighted by Crippen LogP contribution is 2.32. The first-order valence-corrected chi connectivity index (χ1v) is 6.53. The van der Waals surface area contributed by atoms with Crippen molar-refractivity contribution in [3.63, 3.8) is 0 Å². The van der Waals surface area contributed by atoms with Gasteiger partial charge in [-0.3, -0.25) is 9.98 Å². The van der Waals surface area contributed by atoms with E-state index in [9.17, 15) is 5.11 Å². The van der Waals surface area contributed by atoms with Gasteiger partial charge in [0.05, 0.1) is 11.0 Å². The lowest BCUT2D eigenvalue weighted by atomic mass is 10.1. The molecule has 1 aromatic carbocycles. The van der Waals surface area contributed by atoms with E-state index in [4.69, 9.17) is 0 Å². The molecular weight excluding hydrogens is 240 g/mol. The zero-order valence-electron chi connectivity index (χ0n) is 11.3. The topological polar surface area (TPSA) is 60.2 Å². The molecule has 2 N–H and O–H groups in total. The predicted molar refractivity (Wildman–Crippen MR) is 77.0 cm³/mol. The average Bonchev–Trinajstić information content (AvgIpc) is 2.80. The van der Waals surface area contributed by atoms with Crippen LogP contribution < -0.4 is 15.9 Å². The number of anilines is 1. The molecular formula is C14H18N4O. The molecule has 19 heavy (non-hydrogen) atoms. The van der Waals surface area contributed by atoms with Gasteiger partial charge in [0.2, 0.25) is 0 Å². The minimum Gasteiger partial charge on any atom is -0.504 e. The zero-order valence-corrected chi connectivity index (χ0v) is 11.3. The molecule has 5 heteroatoms. The van der Waals surface area contributed by atoms with Gasteiger partial charge in [-0.2, -0.15) is 0 Å². The molecule has 0 saturated heterocycles. The highest BCUT2D eigenvalue weighted by Gasteiger charge is 2.18. The molecule has 100 valence electrons. The second kappa shape index (κ2) is 4.66. The van der Waals surface area contributed by atoms with Crippen LogP contribution in [0, 0.1) is 0 Å². The van der Waals surface area contributed by atoms with Crippen LogP contribution in [0.25, 0.3) is 5.57 Å². The SMILES string of the molecule is CN(C)CCNc1cc2c3c(c1O)N=CC=3CCN=2. The van der Waals surface area contributed by atoms with Gasteiger partial charge in [0.25, 0.3) is 0 Å². The van der Waals surface area contributed by atoms with Gasteiger partial charge in [0, 0.05) is 31.1 Å². The summed E-state index contributed by atoms with van der Waals surface area (Å²) in [5, 5.41) is 15.5. The molecule has 0 saturated carbocycles. The highest BCUT2D eigenvalue weighted by atomic mass is 16.3. The normalized spacial score (nSPS) is 15.6. The van der Waals surface area contributed by atoms with Gasteiger partial charge in [-0.15, -0.1) is 0 Å². The van der Waals surface area contributed by atoms with E-state index in [0.29, 0.717) is 5.69 Å². The lowest BCUT2D eigenvalue weighted by Crippen LogP contribution is -2.31. The van der Waals surface area contributed by atoms with Crippen molar-refractivity contribution in [3.05, 3.63) is 16.6 Å². The van der Waals surface area contributed by atoms with Gasteiger partial charge in [0.1, 0.15) is 5.69 Å². The predicted octanol–water partition coefficient (Wildman–Crippen LogP) is 0.256. The van der Waals surface area contributed by atoms with Gasteiger partial charge in [-0.25, -0.2) is 0 Å². The van der Waals surface area contributed by atoms with Crippen molar-refractivity contribution < 1.29 is 5.11 Å². The number of nitrogens with zero attached hydrogens (tertiary/aromatic N) is 3. The fourth-order valence-corrected chi connectivity index (χ4v) is 2.45. The number of nitrogens with one attached hydrogen (secondary N) is 1. The fourth-order valence-electron chi connectivity index (χ4n) is 2.45. The van der Waals surface area contributed by atoms with Crippen LogP contribution in [-0.2, 0) is 0 Å². The average molecular weight is 258 g/mol. The summed E-state index contributed by atoms with van der Waals surface area (Å²) in [5.41, 5.74) is 2.58. The lowest BCUT2D eigenvalue weighted by molar-refractivity contribution is 0.424. The molecule has 0 fully saturated rings. The number of benzene rings is 1. The number of phenols is 1. The van der Waals surface area contributed by atoms with Crippen LogP contribution in [-0.4, -0.2) is 50.0 Å². The molecule has 0 aromatic heterocycles. The van der Waals surface area contributed by atoms with Crippen molar-refractivity contribution in [2.45, 2.75) is 6.42 Å². The van der Waals surface area contributed by atoms with E-state index in [1.54, 1.807) is 0 Å². The van der Waals surface area contributed by atoms with Crippen LogP contribution in [0.5, 0.6) is 5.75 Å². The van der Waals surface area contributed by atoms with E-state index in [0.717, 1.165) is 42.3 Å². The molecule has 2 heterocycles. The number of phenolic OH excluding ortho intramolecular Hbond substituents is 1. The third kappa shape index (κ3) is 2.10. The Morgan fingerprint density at radius 1 is 1.42 bits per heavy atom. The first-order valence-electron chi connectivity index (χ1n) is 6.53. The third-order valence-corrected chi connectivity index (χ3v) is 3.46. The van der Waals surface area contributed by atoms with Crippen molar-refractivity contribution in [3.8, 4) is 5.75 Å². The molecule has 0 radical (unpaired) electrons. The summed E-state index contributed by atoms with van der Waals surface area (Å²) >= 11 is 0. The Morgan fingerprint density at radius 3 is 3.05 bits per heavy atom. The van der Waals surface area contributed by atoms with Crippen LogP contribution in [0.15, 0.2) is 16.1 Å². The van der Waals surface area contributed by atoms with Gasteiger partial charge < -0.3 is 15.3 Å². The van der Waals surface area contributed by atoms with Crippen LogP contribution in [0.2, 0.25) is 0 Å². The number of hydrogen-bond donors (Lipinski definition) is 2. The van der Waals surface area contributed by atoms with Crippen molar-refractivity contribution >= 4 is 23.2 Å². The number of aliphatic imine (C=N–C) groups is 1. The van der Waals surface area contributed by atoms with Crippen LogP contribution in [0.1, 0.15) is 6.42 Å². The number of rotatable bonds is 4. The summed E-state index contributed by atoms with van der Waals surface area (Å²) in [4.78, 5) is 11.0. The van der Waals surface area contributed by atoms with Crippen LogP contribution in [0.3, 0.4) is 0 Å². The molecule has 0 unspecified atom stereocenters. The minimum atomic E-state index is 0.237. The van der Waals surface area contributed by atoms with Crippen LogP contribution >= 0.6 is 0 Å². The van der Waals surface area contributed by atoms with Gasteiger partial charge in [-0.1, -0.05) is 0 Å². The molecule has 0 amide bonds. The quantitative estimate of drug-likeness (QED) is 0.761. The molecule has 1 aromatic rings. The number of aromatic hydroxyl groups is 1. The third-order valence-electron chi connectivity index (χ3n) is 3.46. The maximum absolute atomic E-state index is 10.3. The molecule has 0 atom stereocenters. The Bertz CT molecular complexity index is 661. The van der Waals surface area contributed by atoms with Gasteiger partial charge >= 0.3 is 0 Å². The molecule has 5 nitrogen and oxygen atoms in total. The summed E-state index contributed by atoms with van der Waals surface area (Å²) < 4.78 is 0. The molecule has 0 aliphatic carbocycles. The van der Waals surface area contributed by atoms with Crippen molar-refractivity contribution in [1.82, 2.24) is 4.90 Å². The number of hydrogen-bond acceptors (Lipinski definition) is 5. The Kier molecular flexibility index (Phi) is 2.98. The van der Waals surface area contributed by atoms with Crippen LogP contribution in [0.4, 0.5) is 11.4 Å². The summed E-state index contributed by atoms with van der Waals surface area (Å²) in [6.45, 7) is 2.48. The summed E-state index contributed by atoms with van der Waals surface area (Å²) in [7, 11) is 4.05. The summed E-state index contributed by atoms with van der Waals surface area (Å²) in [6.07, 6.45) is 2.77. The van der Waals surface area contributed by atoms with Crippen molar-refractivity contribution in [2.75, 3.05) is 39.0 Å². The molecule has 2 aliphatic heterocycles. The molecule has 0 bridgehead atoms. The maximum atomic E-state index is 10.3. The summed E-state index contributed by atoms with van der Waals surface area (Å²) in [6, 6.07) is 1.93. The Hall–Kier alpha value is -1.88. The molecule has 2 aliphatic rings. The highest BCUT2D eigenvalue weighted by molar-refractivity contribution is 6.08. The van der Waals surface area contributed by atoms with Gasteiger partial charge in [-0.05, 0) is 32.2 Å². The molecule has 0 spiro atoms. The zero-order chi connectivity index (χ0) is 13.4. The first-order chi connectivity index (χ1) is 9.16. The van der Waals surface area contributed by atoms with E-state index in [1.165, 1.54) is 5.57 Å². The molecule has 3 rings (SSSR count). The monoisotopic (exact) mass is 258 g/mol. The maximum Gasteiger partial charge on any atom is 0.165 e. The second-order valence-electron chi connectivity index (χ2n) is 5.16. The second-order valence-corrected chi connectivity index (χ2v) is 5.16. The fraction of sp³-hybridized carbons (Fsp3) is 0.429. The van der Waals surface area contributed by atoms with Crippen molar-refractivity contribution in [1.29, 1.82) is 0 Å². The minimum absolute atomic E-state index is 0.237. The Labute approximate surface area is 112 Å². The Morgan fingerprint density at radius 2 is 2.26 bits per heavy atom.